The summed E-state index contributed by atoms with van der Waals surface area (Å²) in [5.41, 5.74) is 0. The molecule has 0 saturated heterocycles. The molecule has 0 aliphatic rings. The smallest absolute Gasteiger partial charge is 0.304 e. The molecule has 0 aromatic heterocycles. The van der Waals surface area contributed by atoms with E-state index in [0.29, 0.717) is 13.1 Å². The van der Waals surface area contributed by atoms with Gasteiger partial charge in [0.25, 0.3) is 0 Å². The van der Waals surface area contributed by atoms with E-state index in [0.717, 1.165) is 0 Å². The van der Waals surface area contributed by atoms with Crippen molar-refractivity contribution in [3.8, 4) is 0 Å². The van der Waals surface area contributed by atoms with E-state index in [1.54, 1.807) is 0 Å². The van der Waals surface area contributed by atoms with Gasteiger partial charge in [0.15, 0.2) is 0 Å². The first kappa shape index (κ1) is 21.8. The Morgan fingerprint density at radius 2 is 1.06 bits per heavy atom. The average molecular weight is 341 g/mol. The van der Waals surface area contributed by atoms with Gasteiger partial charge in [-0.2, -0.15) is 0 Å². The predicted molar refractivity (Wildman–Crippen MR) is 61.6 cm³/mol. The van der Waals surface area contributed by atoms with Crippen LogP contribution in [-0.4, -0.2) is 73.2 Å². The molecule has 0 spiro atoms. The Hall–Kier alpha value is -0.478. The molecule has 0 amide bonds. The molecule has 6 nitrogen and oxygen atoms in total. The Kier molecular flexibility index (Phi) is 17.4. The maximum Gasteiger partial charge on any atom is 0.304 e. The molecule has 0 fully saturated rings. The van der Waals surface area contributed by atoms with Crippen LogP contribution in [0.15, 0.2) is 0 Å². The van der Waals surface area contributed by atoms with E-state index in [2.05, 4.69) is 0 Å². The van der Waals surface area contributed by atoms with Gasteiger partial charge in [-0.3, -0.25) is 9.59 Å². The van der Waals surface area contributed by atoms with Gasteiger partial charge in [0.05, 0.1) is 12.8 Å². The van der Waals surface area contributed by atoms with Crippen molar-refractivity contribution >= 4 is 11.9 Å². The van der Waals surface area contributed by atoms with Crippen LogP contribution in [0.5, 0.6) is 0 Å². The van der Waals surface area contributed by atoms with Crippen molar-refractivity contribution in [2.75, 3.05) is 41.3 Å². The predicted octanol–water partition coefficient (Wildman–Crippen LogP) is 0.0429. The number of carboxylic acid groups (broad SMARTS) is 2. The third-order valence-corrected chi connectivity index (χ3v) is 1.55. The van der Waals surface area contributed by atoms with Gasteiger partial charge in [0.2, 0.25) is 0 Å². The summed E-state index contributed by atoms with van der Waals surface area (Å²) in [5, 5.41) is 16.3. The van der Waals surface area contributed by atoms with Crippen LogP contribution in [0, 0.1) is 0 Å². The molecule has 0 aliphatic carbocycles. The van der Waals surface area contributed by atoms with E-state index < -0.39 is 11.9 Å². The number of nitrogens with zero attached hydrogens (tertiary/aromatic N) is 2. The zero-order chi connectivity index (χ0) is 13.1. The fourth-order valence-electron chi connectivity index (χ4n) is 0.639. The van der Waals surface area contributed by atoms with Crippen LogP contribution in [0.25, 0.3) is 0 Å². The number of carbonyl (C=O) groups is 2. The molecule has 7 heteroatoms. The first-order valence-corrected chi connectivity index (χ1v) is 4.98. The van der Waals surface area contributed by atoms with Crippen molar-refractivity contribution in [1.29, 1.82) is 0 Å². The van der Waals surface area contributed by atoms with Gasteiger partial charge in [-0.25, -0.2) is 0 Å². The molecule has 0 saturated carbocycles. The van der Waals surface area contributed by atoms with Crippen LogP contribution in [0.3, 0.4) is 0 Å². The van der Waals surface area contributed by atoms with E-state index in [4.69, 9.17) is 10.2 Å². The Morgan fingerprint density at radius 3 is 1.12 bits per heavy atom. The molecule has 0 aliphatic heterocycles. The minimum atomic E-state index is -0.737. The van der Waals surface area contributed by atoms with Gasteiger partial charge in [-0.05, 0) is 28.2 Å². The second kappa shape index (κ2) is 13.6. The Morgan fingerprint density at radius 1 is 0.824 bits per heavy atom. The second-order valence-electron chi connectivity index (χ2n) is 3.89. The second-order valence-corrected chi connectivity index (χ2v) is 3.89. The SMILES string of the molecule is CN(C)CCC(=O)O.CN(C)CCC(=O)O.[Pd]. The molecule has 0 atom stereocenters. The zero-order valence-corrected chi connectivity index (χ0v) is 12.3. The maximum absolute atomic E-state index is 9.88. The molecular formula is C10H22N2O4Pd. The van der Waals surface area contributed by atoms with Crippen molar-refractivity contribution in [2.45, 2.75) is 12.8 Å². The summed E-state index contributed by atoms with van der Waals surface area (Å²) in [7, 11) is 7.40. The molecule has 0 radical (unpaired) electrons. The fraction of sp³-hybridized carbons (Fsp3) is 0.800. The van der Waals surface area contributed by atoms with Crippen molar-refractivity contribution in [1.82, 2.24) is 9.80 Å². The Bertz CT molecular complexity index is 188. The van der Waals surface area contributed by atoms with Gasteiger partial charge in [0, 0.05) is 33.5 Å². The quantitative estimate of drug-likeness (QED) is 0.665. The van der Waals surface area contributed by atoms with Crippen molar-refractivity contribution in [3.63, 3.8) is 0 Å². The maximum atomic E-state index is 9.88. The molecule has 0 aromatic rings. The van der Waals surface area contributed by atoms with E-state index in [1.165, 1.54) is 0 Å². The van der Waals surface area contributed by atoms with E-state index in [1.807, 2.05) is 38.0 Å². The van der Waals surface area contributed by atoms with E-state index >= 15 is 0 Å². The molecular weight excluding hydrogens is 319 g/mol. The van der Waals surface area contributed by atoms with Crippen LogP contribution in [0.4, 0.5) is 0 Å². The van der Waals surface area contributed by atoms with Crippen molar-refractivity contribution in [2.24, 2.45) is 0 Å². The molecule has 0 aromatic carbocycles. The minimum absolute atomic E-state index is 0. The number of rotatable bonds is 6. The van der Waals surface area contributed by atoms with Crippen molar-refractivity contribution in [3.05, 3.63) is 0 Å². The molecule has 0 heterocycles. The number of hydrogen-bond donors (Lipinski definition) is 2. The minimum Gasteiger partial charge on any atom is -0.481 e. The molecule has 0 unspecified atom stereocenters. The summed E-state index contributed by atoms with van der Waals surface area (Å²) < 4.78 is 0. The largest absolute Gasteiger partial charge is 0.481 e. The van der Waals surface area contributed by atoms with Crippen LogP contribution in [0.1, 0.15) is 12.8 Å². The molecule has 106 valence electrons. The van der Waals surface area contributed by atoms with Gasteiger partial charge >= 0.3 is 11.9 Å². The summed E-state index contributed by atoms with van der Waals surface area (Å²) in [4.78, 5) is 23.4. The summed E-state index contributed by atoms with van der Waals surface area (Å²) in [6, 6.07) is 0. The normalized spacial score (nSPS) is 9.29. The third-order valence-electron chi connectivity index (χ3n) is 1.55. The Labute approximate surface area is 116 Å². The molecule has 17 heavy (non-hydrogen) atoms. The summed E-state index contributed by atoms with van der Waals surface area (Å²) in [5.74, 6) is -1.47. The molecule has 0 bridgehead atoms. The fourth-order valence-corrected chi connectivity index (χ4v) is 0.639. The van der Waals surface area contributed by atoms with Gasteiger partial charge in [-0.1, -0.05) is 0 Å². The standard InChI is InChI=1S/2C5H11NO2.Pd/c2*1-6(2)4-3-5(7)8;/h2*3-4H2,1-2H3,(H,7,8);. The van der Waals surface area contributed by atoms with Crippen LogP contribution >= 0.6 is 0 Å². The third kappa shape index (κ3) is 31.3. The Balaban J connectivity index is -0.000000218. The van der Waals surface area contributed by atoms with Crippen LogP contribution in [0.2, 0.25) is 0 Å². The number of aliphatic carboxylic acids is 2. The number of carboxylic acids is 2. The monoisotopic (exact) mass is 340 g/mol. The first-order valence-electron chi connectivity index (χ1n) is 4.98. The molecule has 2 N–H and O–H groups in total. The van der Waals surface area contributed by atoms with E-state index in [9.17, 15) is 9.59 Å². The summed E-state index contributed by atoms with van der Waals surface area (Å²) >= 11 is 0. The topological polar surface area (TPSA) is 81.1 Å². The summed E-state index contributed by atoms with van der Waals surface area (Å²) in [6.45, 7) is 1.24. The van der Waals surface area contributed by atoms with Crippen molar-refractivity contribution < 1.29 is 40.2 Å². The summed E-state index contributed by atoms with van der Waals surface area (Å²) in [6.07, 6.45) is 0.458. The van der Waals surface area contributed by atoms with Crippen LogP contribution in [-0.2, 0) is 30.0 Å². The van der Waals surface area contributed by atoms with Gasteiger partial charge < -0.3 is 20.0 Å². The zero-order valence-electron chi connectivity index (χ0n) is 10.8. The van der Waals surface area contributed by atoms with Gasteiger partial charge in [0.1, 0.15) is 0 Å². The average Bonchev–Trinajstić information content (AvgIpc) is 2.12. The van der Waals surface area contributed by atoms with E-state index in [-0.39, 0.29) is 33.3 Å². The van der Waals surface area contributed by atoms with Gasteiger partial charge in [-0.15, -0.1) is 0 Å². The first-order chi connectivity index (χ1) is 7.25. The number of hydrogen-bond acceptors (Lipinski definition) is 4. The van der Waals surface area contributed by atoms with Crippen LogP contribution < -0.4 is 0 Å². The molecule has 0 rings (SSSR count).